The van der Waals surface area contributed by atoms with Gasteiger partial charge in [0.2, 0.25) is 0 Å². The van der Waals surface area contributed by atoms with Crippen molar-refractivity contribution in [2.24, 2.45) is 5.73 Å². The highest BCUT2D eigenvalue weighted by atomic mass is 16.1. The molecule has 0 aromatic carbocycles. The van der Waals surface area contributed by atoms with Gasteiger partial charge in [-0.3, -0.25) is 9.59 Å². The van der Waals surface area contributed by atoms with E-state index in [-0.39, 0.29) is 17.2 Å². The van der Waals surface area contributed by atoms with Gasteiger partial charge in [-0.15, -0.1) is 0 Å². The van der Waals surface area contributed by atoms with Crippen LogP contribution in [0.25, 0.3) is 5.65 Å². The predicted octanol–water partition coefficient (Wildman–Crippen LogP) is 1.36. The number of rotatable bonds is 5. The lowest BCUT2D eigenvalue weighted by atomic mass is 10.3. The van der Waals surface area contributed by atoms with Crippen molar-refractivity contribution < 1.29 is 4.79 Å². The van der Waals surface area contributed by atoms with Gasteiger partial charge in [0.25, 0.3) is 11.5 Å². The molecule has 9 heteroatoms. The van der Waals surface area contributed by atoms with Gasteiger partial charge in [-0.1, -0.05) is 0 Å². The first-order valence-corrected chi connectivity index (χ1v) is 7.77. The summed E-state index contributed by atoms with van der Waals surface area (Å²) in [6, 6.07) is 5.19. The van der Waals surface area contributed by atoms with E-state index >= 15 is 0 Å². The van der Waals surface area contributed by atoms with Crippen LogP contribution in [0.2, 0.25) is 0 Å². The number of primary amides is 1. The van der Waals surface area contributed by atoms with Crippen molar-refractivity contribution in [2.75, 3.05) is 17.7 Å². The Morgan fingerprint density at radius 3 is 2.76 bits per heavy atom. The second kappa shape index (κ2) is 6.27. The quantitative estimate of drug-likeness (QED) is 0.644. The number of amides is 1. The number of pyridine rings is 1. The molecule has 0 atom stereocenters. The molecule has 0 radical (unpaired) electrons. The van der Waals surface area contributed by atoms with Gasteiger partial charge in [-0.25, -0.2) is 4.98 Å². The molecular weight excluding hydrogens is 322 g/mol. The van der Waals surface area contributed by atoms with E-state index < -0.39 is 5.91 Å². The highest BCUT2D eigenvalue weighted by molar-refractivity contribution is 5.98. The number of nitrogens with zero attached hydrogens (tertiary/aromatic N) is 4. The zero-order chi connectivity index (χ0) is 18.1. The van der Waals surface area contributed by atoms with Gasteiger partial charge in [0.05, 0.1) is 6.20 Å². The lowest BCUT2D eigenvalue weighted by Gasteiger charge is -2.13. The normalized spacial score (nSPS) is 11.0. The van der Waals surface area contributed by atoms with Crippen molar-refractivity contribution in [2.45, 2.75) is 19.9 Å². The third-order valence-electron chi connectivity index (χ3n) is 3.79. The smallest absolute Gasteiger partial charge is 0.274 e. The fourth-order valence-corrected chi connectivity index (χ4v) is 2.53. The van der Waals surface area contributed by atoms with Crippen molar-refractivity contribution in [1.82, 2.24) is 19.2 Å². The molecule has 0 aliphatic heterocycles. The monoisotopic (exact) mass is 341 g/mol. The van der Waals surface area contributed by atoms with Crippen LogP contribution in [0.15, 0.2) is 35.4 Å². The molecule has 0 aliphatic carbocycles. The predicted molar refractivity (Wildman–Crippen MR) is 95.4 cm³/mol. The highest BCUT2D eigenvalue weighted by Gasteiger charge is 2.15. The van der Waals surface area contributed by atoms with Crippen LogP contribution in [0.3, 0.4) is 0 Å². The van der Waals surface area contributed by atoms with Crippen LogP contribution in [0.5, 0.6) is 0 Å². The average Bonchev–Trinajstić information content (AvgIpc) is 3.00. The maximum absolute atomic E-state index is 12.5. The van der Waals surface area contributed by atoms with Gasteiger partial charge >= 0.3 is 0 Å². The Hall–Kier alpha value is -3.36. The van der Waals surface area contributed by atoms with Crippen LogP contribution in [-0.2, 0) is 0 Å². The maximum Gasteiger partial charge on any atom is 0.274 e. The maximum atomic E-state index is 12.5. The fourth-order valence-electron chi connectivity index (χ4n) is 2.53. The molecule has 130 valence electrons. The Kier molecular flexibility index (Phi) is 4.14. The molecule has 1 amide bonds. The number of carbonyl (C=O) groups excluding carboxylic acids is 1. The minimum atomic E-state index is -0.622. The van der Waals surface area contributed by atoms with Crippen LogP contribution in [0.4, 0.5) is 17.3 Å². The van der Waals surface area contributed by atoms with E-state index in [9.17, 15) is 9.59 Å². The van der Waals surface area contributed by atoms with Crippen molar-refractivity contribution in [1.29, 1.82) is 0 Å². The zero-order valence-electron chi connectivity index (χ0n) is 14.1. The molecule has 25 heavy (non-hydrogen) atoms. The Morgan fingerprint density at radius 2 is 2.12 bits per heavy atom. The summed E-state index contributed by atoms with van der Waals surface area (Å²) in [5, 5.41) is 10.1. The molecule has 3 rings (SSSR count). The third kappa shape index (κ3) is 2.91. The minimum absolute atomic E-state index is 0.0360. The first kappa shape index (κ1) is 16.5. The summed E-state index contributed by atoms with van der Waals surface area (Å²) < 4.78 is 3.09. The van der Waals surface area contributed by atoms with Crippen molar-refractivity contribution in [3.63, 3.8) is 0 Å². The first-order chi connectivity index (χ1) is 11.9. The van der Waals surface area contributed by atoms with Gasteiger partial charge in [0.15, 0.2) is 5.65 Å². The van der Waals surface area contributed by atoms with E-state index in [4.69, 9.17) is 5.73 Å². The summed E-state index contributed by atoms with van der Waals surface area (Å²) in [7, 11) is 1.72. The lowest BCUT2D eigenvalue weighted by molar-refractivity contribution is 0.100. The van der Waals surface area contributed by atoms with Crippen LogP contribution in [0, 0.1) is 0 Å². The summed E-state index contributed by atoms with van der Waals surface area (Å²) in [6.07, 6.45) is 3.10. The van der Waals surface area contributed by atoms with Crippen LogP contribution < -0.4 is 21.9 Å². The second-order valence-electron chi connectivity index (χ2n) is 5.79. The molecule has 0 aliphatic rings. The molecule has 0 saturated heterocycles. The third-order valence-corrected chi connectivity index (χ3v) is 3.79. The molecule has 0 bridgehead atoms. The topological polar surface area (TPSA) is 119 Å². The van der Waals surface area contributed by atoms with Crippen molar-refractivity contribution in [3.8, 4) is 0 Å². The van der Waals surface area contributed by atoms with Crippen LogP contribution >= 0.6 is 0 Å². The molecule has 0 fully saturated rings. The molecule has 0 saturated carbocycles. The number of nitrogens with two attached hydrogens (primary N) is 1. The van der Waals surface area contributed by atoms with Gasteiger partial charge in [0.1, 0.15) is 22.9 Å². The average molecular weight is 341 g/mol. The largest absolute Gasteiger partial charge is 0.373 e. The van der Waals surface area contributed by atoms with E-state index in [1.807, 2.05) is 13.8 Å². The molecule has 3 aromatic rings. The second-order valence-corrected chi connectivity index (χ2v) is 5.79. The number of aromatic nitrogens is 4. The molecule has 0 spiro atoms. The van der Waals surface area contributed by atoms with Crippen LogP contribution in [-0.4, -0.2) is 32.1 Å². The SMILES string of the molecule is CNc1cc(Nc2cccn(C(C)C)c2=O)nc2c(C(N)=O)cnn12. The minimum Gasteiger partial charge on any atom is -0.373 e. The number of anilines is 3. The van der Waals surface area contributed by atoms with E-state index in [0.29, 0.717) is 23.0 Å². The highest BCUT2D eigenvalue weighted by Crippen LogP contribution is 2.20. The van der Waals surface area contributed by atoms with Gasteiger partial charge in [-0.05, 0) is 26.0 Å². The number of nitrogens with one attached hydrogen (secondary N) is 2. The Labute approximate surface area is 143 Å². The van der Waals surface area contributed by atoms with Gasteiger partial charge < -0.3 is 20.9 Å². The van der Waals surface area contributed by atoms with Gasteiger partial charge in [-0.2, -0.15) is 9.61 Å². The Balaban J connectivity index is 2.11. The number of hydrogen-bond acceptors (Lipinski definition) is 6. The van der Waals surface area contributed by atoms with E-state index in [0.717, 1.165) is 0 Å². The number of carbonyl (C=O) groups is 1. The van der Waals surface area contributed by atoms with Crippen molar-refractivity contribution in [3.05, 3.63) is 46.5 Å². The fraction of sp³-hybridized carbons (Fsp3) is 0.250. The summed E-state index contributed by atoms with van der Waals surface area (Å²) in [5.41, 5.74) is 6.10. The molecule has 4 N–H and O–H groups in total. The Bertz CT molecular complexity index is 1000. The zero-order valence-corrected chi connectivity index (χ0v) is 14.1. The number of hydrogen-bond donors (Lipinski definition) is 3. The molecule has 3 heterocycles. The van der Waals surface area contributed by atoms with Crippen molar-refractivity contribution >= 4 is 28.9 Å². The summed E-state index contributed by atoms with van der Waals surface area (Å²) in [6.45, 7) is 3.86. The van der Waals surface area contributed by atoms with Gasteiger partial charge in [0, 0.05) is 25.4 Å². The first-order valence-electron chi connectivity index (χ1n) is 7.77. The Morgan fingerprint density at radius 1 is 1.36 bits per heavy atom. The van der Waals surface area contributed by atoms with E-state index in [1.165, 1.54) is 10.7 Å². The summed E-state index contributed by atoms with van der Waals surface area (Å²) in [4.78, 5) is 28.5. The van der Waals surface area contributed by atoms with Crippen LogP contribution in [0.1, 0.15) is 30.2 Å². The summed E-state index contributed by atoms with van der Waals surface area (Å²) >= 11 is 0. The standard InChI is InChI=1S/C16H19N7O2/c1-9(2)22-6-4-5-11(16(22)25)20-12-7-13(18-3)23-15(21-12)10(8-19-23)14(17)24/h4-9,18H,1-3H3,(H2,17,24)(H,20,21). The van der Waals surface area contributed by atoms with E-state index in [1.54, 1.807) is 36.0 Å². The van der Waals surface area contributed by atoms with E-state index in [2.05, 4.69) is 20.7 Å². The molecular formula is C16H19N7O2. The summed E-state index contributed by atoms with van der Waals surface area (Å²) in [5.74, 6) is 0.377. The molecule has 9 nitrogen and oxygen atoms in total. The lowest BCUT2D eigenvalue weighted by Crippen LogP contribution is -2.23. The molecule has 0 unspecified atom stereocenters. The molecule has 3 aromatic heterocycles. The number of fused-ring (bicyclic) bond motifs is 1.